The van der Waals surface area contributed by atoms with Gasteiger partial charge in [-0.05, 0) is 24.6 Å². The Kier molecular flexibility index (Phi) is 6.00. The van der Waals surface area contributed by atoms with Gasteiger partial charge in [0.1, 0.15) is 10.7 Å². The van der Waals surface area contributed by atoms with E-state index in [-0.39, 0.29) is 24.0 Å². The predicted molar refractivity (Wildman–Crippen MR) is 86.3 cm³/mol. The molecule has 1 fully saturated rings. The number of unbranched alkanes of at least 4 members (excludes halogenated alkanes) is 1. The second kappa shape index (κ2) is 7.59. The first-order chi connectivity index (χ1) is 10.9. The van der Waals surface area contributed by atoms with Gasteiger partial charge in [0, 0.05) is 37.6 Å². The SMILES string of the molecule is CCCCC(=O)N1CCN(S(=O)(=O)c2cc(Cl)ccc2F)CC1. The van der Waals surface area contributed by atoms with Gasteiger partial charge in [-0.3, -0.25) is 4.79 Å². The molecule has 1 aromatic carbocycles. The van der Waals surface area contributed by atoms with E-state index in [2.05, 4.69) is 0 Å². The third kappa shape index (κ3) is 4.22. The number of sulfonamides is 1. The Morgan fingerprint density at radius 2 is 1.91 bits per heavy atom. The van der Waals surface area contributed by atoms with E-state index < -0.39 is 20.7 Å². The van der Waals surface area contributed by atoms with Crippen LogP contribution in [0.25, 0.3) is 0 Å². The molecular formula is C15H20ClFN2O3S. The molecular weight excluding hydrogens is 343 g/mol. The number of carbonyl (C=O) groups excluding carboxylic acids is 1. The van der Waals surface area contributed by atoms with Gasteiger partial charge in [0.25, 0.3) is 0 Å². The van der Waals surface area contributed by atoms with Crippen molar-refractivity contribution in [2.75, 3.05) is 26.2 Å². The van der Waals surface area contributed by atoms with Crippen molar-refractivity contribution in [2.45, 2.75) is 31.1 Å². The molecule has 0 N–H and O–H groups in total. The lowest BCUT2D eigenvalue weighted by Gasteiger charge is -2.34. The maximum Gasteiger partial charge on any atom is 0.246 e. The van der Waals surface area contributed by atoms with Crippen LogP contribution >= 0.6 is 11.6 Å². The monoisotopic (exact) mass is 362 g/mol. The highest BCUT2D eigenvalue weighted by Gasteiger charge is 2.31. The second-order valence-electron chi connectivity index (χ2n) is 5.46. The minimum absolute atomic E-state index is 0.0397. The number of halogens is 2. The van der Waals surface area contributed by atoms with Gasteiger partial charge in [0.2, 0.25) is 15.9 Å². The van der Waals surface area contributed by atoms with Crippen LogP contribution in [0.2, 0.25) is 5.02 Å². The van der Waals surface area contributed by atoms with Gasteiger partial charge in [0.05, 0.1) is 0 Å². The van der Waals surface area contributed by atoms with Crippen molar-refractivity contribution in [3.63, 3.8) is 0 Å². The molecule has 1 amide bonds. The van der Waals surface area contributed by atoms with Crippen LogP contribution in [0.5, 0.6) is 0 Å². The van der Waals surface area contributed by atoms with Crippen molar-refractivity contribution in [1.29, 1.82) is 0 Å². The highest BCUT2D eigenvalue weighted by molar-refractivity contribution is 7.89. The Morgan fingerprint density at radius 1 is 1.26 bits per heavy atom. The van der Waals surface area contributed by atoms with E-state index in [1.54, 1.807) is 4.90 Å². The van der Waals surface area contributed by atoms with Gasteiger partial charge in [0.15, 0.2) is 0 Å². The molecule has 1 aliphatic rings. The van der Waals surface area contributed by atoms with E-state index in [0.29, 0.717) is 19.5 Å². The van der Waals surface area contributed by atoms with Crippen molar-refractivity contribution in [3.8, 4) is 0 Å². The number of amides is 1. The van der Waals surface area contributed by atoms with Crippen molar-refractivity contribution < 1.29 is 17.6 Å². The number of nitrogens with zero attached hydrogens (tertiary/aromatic N) is 2. The van der Waals surface area contributed by atoms with Gasteiger partial charge in [-0.2, -0.15) is 4.31 Å². The minimum Gasteiger partial charge on any atom is -0.340 e. The van der Waals surface area contributed by atoms with Crippen LogP contribution in [-0.2, 0) is 14.8 Å². The van der Waals surface area contributed by atoms with Crippen LogP contribution in [0.1, 0.15) is 26.2 Å². The summed E-state index contributed by atoms with van der Waals surface area (Å²) in [6.45, 7) is 2.98. The van der Waals surface area contributed by atoms with E-state index in [9.17, 15) is 17.6 Å². The zero-order valence-electron chi connectivity index (χ0n) is 13.0. The number of piperazine rings is 1. The molecule has 5 nitrogen and oxygen atoms in total. The Balaban J connectivity index is 2.07. The van der Waals surface area contributed by atoms with E-state index in [4.69, 9.17) is 11.6 Å². The molecule has 1 saturated heterocycles. The summed E-state index contributed by atoms with van der Waals surface area (Å²) < 4.78 is 40.1. The number of hydrogen-bond donors (Lipinski definition) is 0. The van der Waals surface area contributed by atoms with Crippen molar-refractivity contribution in [1.82, 2.24) is 9.21 Å². The van der Waals surface area contributed by atoms with Crippen molar-refractivity contribution >= 4 is 27.5 Å². The van der Waals surface area contributed by atoms with Crippen molar-refractivity contribution in [2.24, 2.45) is 0 Å². The normalized spacial score (nSPS) is 16.6. The number of benzene rings is 1. The summed E-state index contributed by atoms with van der Waals surface area (Å²) in [6, 6.07) is 3.46. The second-order valence-corrected chi connectivity index (χ2v) is 7.81. The zero-order valence-corrected chi connectivity index (χ0v) is 14.5. The average Bonchev–Trinajstić information content (AvgIpc) is 2.54. The van der Waals surface area contributed by atoms with Crippen LogP contribution in [0.15, 0.2) is 23.1 Å². The molecule has 0 radical (unpaired) electrons. The number of carbonyl (C=O) groups is 1. The van der Waals surface area contributed by atoms with Gasteiger partial charge < -0.3 is 4.90 Å². The summed E-state index contributed by atoms with van der Waals surface area (Å²) in [5.74, 6) is -0.784. The first-order valence-electron chi connectivity index (χ1n) is 7.59. The van der Waals surface area contributed by atoms with Gasteiger partial charge in [-0.15, -0.1) is 0 Å². The fourth-order valence-corrected chi connectivity index (χ4v) is 4.23. The average molecular weight is 363 g/mol. The number of rotatable bonds is 5. The molecule has 1 heterocycles. The highest BCUT2D eigenvalue weighted by atomic mass is 35.5. The summed E-state index contributed by atoms with van der Waals surface area (Å²) in [5.41, 5.74) is 0. The lowest BCUT2D eigenvalue weighted by Crippen LogP contribution is -2.50. The van der Waals surface area contributed by atoms with Crippen molar-refractivity contribution in [3.05, 3.63) is 29.0 Å². The minimum atomic E-state index is -3.95. The van der Waals surface area contributed by atoms with E-state index in [1.165, 1.54) is 10.4 Å². The van der Waals surface area contributed by atoms with Gasteiger partial charge in [-0.25, -0.2) is 12.8 Å². The predicted octanol–water partition coefficient (Wildman–Crippen LogP) is 2.50. The molecule has 0 aliphatic carbocycles. The van der Waals surface area contributed by atoms with Crippen LogP contribution in [-0.4, -0.2) is 49.7 Å². The Hall–Kier alpha value is -1.18. The Labute approximate surface area is 141 Å². The van der Waals surface area contributed by atoms with Gasteiger partial charge in [-0.1, -0.05) is 24.9 Å². The van der Waals surface area contributed by atoms with Crippen LogP contribution < -0.4 is 0 Å². The molecule has 2 rings (SSSR count). The van der Waals surface area contributed by atoms with E-state index in [0.717, 1.165) is 25.0 Å². The fraction of sp³-hybridized carbons (Fsp3) is 0.533. The largest absolute Gasteiger partial charge is 0.340 e. The molecule has 128 valence electrons. The molecule has 0 aromatic heterocycles. The Bertz CT molecular complexity index is 673. The smallest absolute Gasteiger partial charge is 0.246 e. The Morgan fingerprint density at radius 3 is 2.52 bits per heavy atom. The molecule has 0 unspecified atom stereocenters. The summed E-state index contributed by atoms with van der Waals surface area (Å²) in [7, 11) is -3.95. The fourth-order valence-electron chi connectivity index (χ4n) is 2.48. The van der Waals surface area contributed by atoms with E-state index in [1.807, 2.05) is 6.92 Å². The molecule has 0 spiro atoms. The maximum absolute atomic E-state index is 13.8. The maximum atomic E-state index is 13.8. The lowest BCUT2D eigenvalue weighted by atomic mass is 10.2. The number of hydrogen-bond acceptors (Lipinski definition) is 3. The molecule has 0 saturated carbocycles. The van der Waals surface area contributed by atoms with Gasteiger partial charge >= 0.3 is 0 Å². The van der Waals surface area contributed by atoms with Crippen LogP contribution in [0.3, 0.4) is 0 Å². The first-order valence-corrected chi connectivity index (χ1v) is 9.41. The van der Waals surface area contributed by atoms with Crippen LogP contribution in [0, 0.1) is 5.82 Å². The molecule has 0 bridgehead atoms. The highest BCUT2D eigenvalue weighted by Crippen LogP contribution is 2.24. The summed E-state index contributed by atoms with van der Waals surface area (Å²) in [6.07, 6.45) is 2.24. The van der Waals surface area contributed by atoms with Crippen LogP contribution in [0.4, 0.5) is 4.39 Å². The third-order valence-electron chi connectivity index (χ3n) is 3.85. The molecule has 0 atom stereocenters. The third-order valence-corrected chi connectivity index (χ3v) is 6.00. The standard InChI is InChI=1S/C15H20ClFN2O3S/c1-2-3-4-15(20)18-7-9-19(10-8-18)23(21,22)14-11-12(16)5-6-13(14)17/h5-6,11H,2-4,7-10H2,1H3. The quantitative estimate of drug-likeness (QED) is 0.808. The summed E-state index contributed by atoms with van der Waals surface area (Å²) in [5, 5.41) is 0.165. The topological polar surface area (TPSA) is 57.7 Å². The lowest BCUT2D eigenvalue weighted by molar-refractivity contribution is -0.132. The first kappa shape index (κ1) is 18.2. The molecule has 1 aliphatic heterocycles. The molecule has 23 heavy (non-hydrogen) atoms. The zero-order chi connectivity index (χ0) is 17.0. The van der Waals surface area contributed by atoms with E-state index >= 15 is 0 Å². The summed E-state index contributed by atoms with van der Waals surface area (Å²) >= 11 is 5.77. The molecule has 8 heteroatoms. The summed E-state index contributed by atoms with van der Waals surface area (Å²) in [4.78, 5) is 13.2. The molecule has 1 aromatic rings.